The summed E-state index contributed by atoms with van der Waals surface area (Å²) < 4.78 is 5.33. The van der Waals surface area contributed by atoms with Crippen LogP contribution >= 0.6 is 0 Å². The summed E-state index contributed by atoms with van der Waals surface area (Å²) in [4.78, 5) is 2.44. The number of nitrogens with zero attached hydrogens (tertiary/aromatic N) is 1. The molecular formula is C15H24N2O2. The first kappa shape index (κ1) is 14.3. The first-order valence-corrected chi connectivity index (χ1v) is 7.09. The Hall–Kier alpha value is -1.10. The number of rotatable bonds is 6. The highest BCUT2D eigenvalue weighted by molar-refractivity contribution is 5.34. The van der Waals surface area contributed by atoms with Gasteiger partial charge in [0.1, 0.15) is 5.75 Å². The smallest absolute Gasteiger partial charge is 0.120 e. The summed E-state index contributed by atoms with van der Waals surface area (Å²) in [5.74, 6) is 0.371. The minimum atomic E-state index is 0.186. The minimum Gasteiger partial charge on any atom is -0.508 e. The average molecular weight is 264 g/mol. The molecule has 1 atom stereocenters. The van der Waals surface area contributed by atoms with Crippen molar-refractivity contribution in [1.82, 2.24) is 10.2 Å². The van der Waals surface area contributed by atoms with Gasteiger partial charge in [0.15, 0.2) is 0 Å². The van der Waals surface area contributed by atoms with Gasteiger partial charge >= 0.3 is 0 Å². The number of benzene rings is 1. The van der Waals surface area contributed by atoms with Gasteiger partial charge in [0.2, 0.25) is 0 Å². The van der Waals surface area contributed by atoms with Gasteiger partial charge in [-0.2, -0.15) is 0 Å². The molecule has 0 amide bonds. The molecule has 1 unspecified atom stereocenters. The summed E-state index contributed by atoms with van der Waals surface area (Å²) in [7, 11) is 0. The van der Waals surface area contributed by atoms with E-state index in [0.717, 1.165) is 51.4 Å². The van der Waals surface area contributed by atoms with Gasteiger partial charge in [-0.25, -0.2) is 0 Å². The Kier molecular flexibility index (Phi) is 5.63. The zero-order valence-corrected chi connectivity index (χ0v) is 11.6. The van der Waals surface area contributed by atoms with Crippen molar-refractivity contribution in [3.63, 3.8) is 0 Å². The van der Waals surface area contributed by atoms with Gasteiger partial charge in [-0.05, 0) is 32.5 Å². The van der Waals surface area contributed by atoms with Crippen LogP contribution in [0.3, 0.4) is 0 Å². The number of para-hydroxylation sites is 1. The van der Waals surface area contributed by atoms with Crippen LogP contribution < -0.4 is 5.32 Å². The van der Waals surface area contributed by atoms with Crippen LogP contribution in [-0.2, 0) is 4.74 Å². The van der Waals surface area contributed by atoms with Crippen molar-refractivity contribution in [3.05, 3.63) is 29.8 Å². The molecule has 106 valence electrons. The summed E-state index contributed by atoms with van der Waals surface area (Å²) in [5.41, 5.74) is 0.967. The van der Waals surface area contributed by atoms with Crippen LogP contribution in [0.4, 0.5) is 0 Å². The third-order valence-electron chi connectivity index (χ3n) is 3.61. The number of nitrogens with one attached hydrogen (secondary N) is 1. The maximum absolute atomic E-state index is 9.78. The number of ether oxygens (including phenoxy) is 1. The maximum Gasteiger partial charge on any atom is 0.120 e. The topological polar surface area (TPSA) is 44.7 Å². The highest BCUT2D eigenvalue weighted by Crippen LogP contribution is 2.22. The van der Waals surface area contributed by atoms with Crippen molar-refractivity contribution < 1.29 is 9.84 Å². The molecule has 2 N–H and O–H groups in total. The van der Waals surface area contributed by atoms with Crippen LogP contribution in [0.15, 0.2) is 24.3 Å². The average Bonchev–Trinajstić information content (AvgIpc) is 2.45. The van der Waals surface area contributed by atoms with E-state index in [9.17, 15) is 5.11 Å². The van der Waals surface area contributed by atoms with Crippen molar-refractivity contribution >= 4 is 0 Å². The Labute approximate surface area is 115 Å². The van der Waals surface area contributed by atoms with E-state index < -0.39 is 0 Å². The third-order valence-corrected chi connectivity index (χ3v) is 3.61. The predicted octanol–water partition coefficient (Wildman–Crippen LogP) is 1.77. The van der Waals surface area contributed by atoms with Crippen LogP contribution in [0.1, 0.15) is 24.9 Å². The summed E-state index contributed by atoms with van der Waals surface area (Å²) in [5, 5.41) is 13.2. The number of phenolic OH excluding ortho intramolecular Hbond substituents is 1. The quantitative estimate of drug-likeness (QED) is 0.769. The zero-order chi connectivity index (χ0) is 13.5. The van der Waals surface area contributed by atoms with Crippen LogP contribution in [0.25, 0.3) is 0 Å². The Bertz CT molecular complexity index is 378. The summed E-state index contributed by atoms with van der Waals surface area (Å²) in [6.07, 6.45) is 1.12. The maximum atomic E-state index is 9.78. The fourth-order valence-corrected chi connectivity index (χ4v) is 2.41. The number of hydrogen-bond acceptors (Lipinski definition) is 4. The standard InChI is InChI=1S/C15H24N2O2/c1-13(14-5-2-3-6-15(14)18)16-7-4-8-17-9-11-19-12-10-17/h2-3,5-6,13,16,18H,4,7-12H2,1H3. The normalized spacial score (nSPS) is 18.4. The molecule has 1 aliphatic rings. The first-order valence-electron chi connectivity index (χ1n) is 7.09. The Morgan fingerprint density at radius 1 is 1.32 bits per heavy atom. The van der Waals surface area contributed by atoms with Crippen molar-refractivity contribution in [3.8, 4) is 5.75 Å². The summed E-state index contributed by atoms with van der Waals surface area (Å²) in [6.45, 7) is 7.99. The fraction of sp³-hybridized carbons (Fsp3) is 0.600. The van der Waals surface area contributed by atoms with E-state index >= 15 is 0 Å². The molecule has 0 saturated carbocycles. The Balaban J connectivity index is 1.66. The minimum absolute atomic E-state index is 0.186. The molecule has 1 fully saturated rings. The first-order chi connectivity index (χ1) is 9.27. The van der Waals surface area contributed by atoms with Crippen LogP contribution in [0, 0.1) is 0 Å². The third kappa shape index (κ3) is 4.49. The molecule has 1 heterocycles. The molecule has 0 aromatic heterocycles. The molecule has 0 aliphatic carbocycles. The number of morpholine rings is 1. The number of phenols is 1. The molecule has 4 heteroatoms. The van der Waals surface area contributed by atoms with Crippen molar-refractivity contribution in [2.45, 2.75) is 19.4 Å². The summed E-state index contributed by atoms with van der Waals surface area (Å²) in [6, 6.07) is 7.70. The van der Waals surface area contributed by atoms with Gasteiger partial charge in [-0.1, -0.05) is 18.2 Å². The van der Waals surface area contributed by atoms with E-state index in [4.69, 9.17) is 4.74 Å². The van der Waals surface area contributed by atoms with Gasteiger partial charge in [0.05, 0.1) is 13.2 Å². The molecule has 1 aliphatic heterocycles. The van der Waals surface area contributed by atoms with Gasteiger partial charge in [0.25, 0.3) is 0 Å². The van der Waals surface area contributed by atoms with E-state index in [0.29, 0.717) is 5.75 Å². The highest BCUT2D eigenvalue weighted by Gasteiger charge is 2.11. The van der Waals surface area contributed by atoms with E-state index in [1.807, 2.05) is 18.2 Å². The molecule has 2 rings (SSSR count). The van der Waals surface area contributed by atoms with E-state index in [2.05, 4.69) is 17.1 Å². The van der Waals surface area contributed by atoms with Crippen LogP contribution in [-0.4, -0.2) is 49.4 Å². The summed E-state index contributed by atoms with van der Waals surface area (Å²) >= 11 is 0. The number of hydrogen-bond donors (Lipinski definition) is 2. The highest BCUT2D eigenvalue weighted by atomic mass is 16.5. The molecular weight excluding hydrogens is 240 g/mol. The second-order valence-corrected chi connectivity index (χ2v) is 5.04. The second kappa shape index (κ2) is 7.48. The second-order valence-electron chi connectivity index (χ2n) is 5.04. The van der Waals surface area contributed by atoms with Crippen molar-refractivity contribution in [1.29, 1.82) is 0 Å². The molecule has 0 spiro atoms. The molecule has 19 heavy (non-hydrogen) atoms. The molecule has 1 aromatic rings. The molecule has 0 radical (unpaired) electrons. The predicted molar refractivity (Wildman–Crippen MR) is 76.4 cm³/mol. The lowest BCUT2D eigenvalue weighted by Crippen LogP contribution is -2.37. The Morgan fingerprint density at radius 3 is 2.79 bits per heavy atom. The largest absolute Gasteiger partial charge is 0.508 e. The van der Waals surface area contributed by atoms with Gasteiger partial charge in [-0.3, -0.25) is 4.90 Å². The fourth-order valence-electron chi connectivity index (χ4n) is 2.41. The lowest BCUT2D eigenvalue weighted by molar-refractivity contribution is 0.0374. The van der Waals surface area contributed by atoms with Gasteiger partial charge < -0.3 is 15.2 Å². The molecule has 1 aromatic carbocycles. The lowest BCUT2D eigenvalue weighted by atomic mass is 10.1. The Morgan fingerprint density at radius 2 is 2.05 bits per heavy atom. The zero-order valence-electron chi connectivity index (χ0n) is 11.6. The van der Waals surface area contributed by atoms with Gasteiger partial charge in [-0.15, -0.1) is 0 Å². The van der Waals surface area contributed by atoms with E-state index in [1.165, 1.54) is 0 Å². The molecule has 0 bridgehead atoms. The monoisotopic (exact) mass is 264 g/mol. The van der Waals surface area contributed by atoms with Crippen molar-refractivity contribution in [2.24, 2.45) is 0 Å². The van der Waals surface area contributed by atoms with E-state index in [1.54, 1.807) is 6.07 Å². The lowest BCUT2D eigenvalue weighted by Gasteiger charge is -2.26. The van der Waals surface area contributed by atoms with Crippen LogP contribution in [0.5, 0.6) is 5.75 Å². The van der Waals surface area contributed by atoms with Crippen LogP contribution in [0.2, 0.25) is 0 Å². The SMILES string of the molecule is CC(NCCCN1CCOCC1)c1ccccc1O. The van der Waals surface area contributed by atoms with Gasteiger partial charge in [0, 0.05) is 24.7 Å². The molecule has 1 saturated heterocycles. The van der Waals surface area contributed by atoms with Crippen molar-refractivity contribution in [2.75, 3.05) is 39.4 Å². The van der Waals surface area contributed by atoms with E-state index in [-0.39, 0.29) is 6.04 Å². The molecule has 4 nitrogen and oxygen atoms in total. The number of aromatic hydroxyl groups is 1.